The maximum atomic E-state index is 12.6. The quantitative estimate of drug-likeness (QED) is 0.804. The summed E-state index contributed by atoms with van der Waals surface area (Å²) in [5.74, 6) is 1.44. The van der Waals surface area contributed by atoms with Crippen LogP contribution in [0.5, 0.6) is 0 Å². The van der Waals surface area contributed by atoms with Crippen LogP contribution in [0, 0.1) is 17.8 Å². The molecule has 1 fully saturated rings. The van der Waals surface area contributed by atoms with Crippen molar-refractivity contribution in [3.05, 3.63) is 24.2 Å². The van der Waals surface area contributed by atoms with Crippen molar-refractivity contribution in [2.24, 2.45) is 17.8 Å². The molecule has 5 nitrogen and oxygen atoms in total. The number of hydrogen-bond acceptors (Lipinski definition) is 3. The molecule has 1 aromatic rings. The van der Waals surface area contributed by atoms with E-state index in [0.717, 1.165) is 32.1 Å². The van der Waals surface area contributed by atoms with E-state index in [1.807, 2.05) is 19.9 Å². The predicted molar refractivity (Wildman–Crippen MR) is 93.1 cm³/mol. The summed E-state index contributed by atoms with van der Waals surface area (Å²) in [7, 11) is 0. The van der Waals surface area contributed by atoms with Crippen molar-refractivity contribution in [3.63, 3.8) is 0 Å². The molecule has 0 spiro atoms. The van der Waals surface area contributed by atoms with Crippen LogP contribution in [0.1, 0.15) is 58.6 Å². The van der Waals surface area contributed by atoms with Crippen LogP contribution in [0.4, 0.5) is 0 Å². The highest BCUT2D eigenvalue weighted by molar-refractivity contribution is 5.88. The van der Waals surface area contributed by atoms with E-state index in [1.165, 1.54) is 0 Å². The van der Waals surface area contributed by atoms with Crippen molar-refractivity contribution >= 4 is 11.8 Å². The summed E-state index contributed by atoms with van der Waals surface area (Å²) in [5.41, 5.74) is 0. The molecule has 0 radical (unpaired) electrons. The van der Waals surface area contributed by atoms with Crippen LogP contribution in [0.2, 0.25) is 0 Å². The number of furan rings is 1. The SMILES string of the molecule is CC[C@H](C)[C@@H](NC(=O)C1CCC(C)CC1)C(=O)NCc1ccco1. The van der Waals surface area contributed by atoms with Crippen LogP contribution in [-0.4, -0.2) is 17.9 Å². The van der Waals surface area contributed by atoms with Crippen molar-refractivity contribution in [2.45, 2.75) is 65.5 Å². The normalized spacial score (nSPS) is 23.3. The molecule has 1 aromatic heterocycles. The van der Waals surface area contributed by atoms with E-state index in [-0.39, 0.29) is 23.7 Å². The highest BCUT2D eigenvalue weighted by Gasteiger charge is 2.30. The van der Waals surface area contributed by atoms with Gasteiger partial charge in [0, 0.05) is 5.92 Å². The molecule has 1 aliphatic rings. The third kappa shape index (κ3) is 5.11. The lowest BCUT2D eigenvalue weighted by molar-refractivity contribution is -0.133. The second-order valence-corrected chi connectivity index (χ2v) is 7.13. The molecule has 2 rings (SSSR count). The van der Waals surface area contributed by atoms with Gasteiger partial charge in [-0.1, -0.05) is 27.2 Å². The Bertz CT molecular complexity index is 519. The van der Waals surface area contributed by atoms with Crippen LogP contribution in [-0.2, 0) is 16.1 Å². The fraction of sp³-hybridized carbons (Fsp3) is 0.684. The minimum Gasteiger partial charge on any atom is -0.467 e. The monoisotopic (exact) mass is 334 g/mol. The fourth-order valence-corrected chi connectivity index (χ4v) is 3.19. The summed E-state index contributed by atoms with van der Waals surface area (Å²) in [5, 5.41) is 5.87. The first-order valence-corrected chi connectivity index (χ1v) is 9.11. The molecule has 2 amide bonds. The summed E-state index contributed by atoms with van der Waals surface area (Å²) in [4.78, 5) is 25.1. The van der Waals surface area contributed by atoms with E-state index in [0.29, 0.717) is 18.2 Å². The van der Waals surface area contributed by atoms with Gasteiger partial charge >= 0.3 is 0 Å². The molecular weight excluding hydrogens is 304 g/mol. The average Bonchev–Trinajstić information content (AvgIpc) is 3.10. The van der Waals surface area contributed by atoms with Crippen molar-refractivity contribution in [1.29, 1.82) is 0 Å². The Balaban J connectivity index is 1.91. The number of hydrogen-bond donors (Lipinski definition) is 2. The van der Waals surface area contributed by atoms with Gasteiger partial charge < -0.3 is 15.1 Å². The standard InChI is InChI=1S/C19H30N2O3/c1-4-14(3)17(19(23)20-12-16-6-5-11-24-16)21-18(22)15-9-7-13(2)8-10-15/h5-6,11,13-15,17H,4,7-10,12H2,1-3H3,(H,20,23)(H,21,22)/t13?,14-,15?,17+/m0/s1. The summed E-state index contributed by atoms with van der Waals surface area (Å²) in [6, 6.07) is 3.12. The Morgan fingerprint density at radius 3 is 2.58 bits per heavy atom. The number of carbonyl (C=O) groups is 2. The molecule has 2 N–H and O–H groups in total. The maximum Gasteiger partial charge on any atom is 0.243 e. The highest BCUT2D eigenvalue weighted by Crippen LogP contribution is 2.28. The van der Waals surface area contributed by atoms with E-state index < -0.39 is 6.04 Å². The summed E-state index contributed by atoms with van der Waals surface area (Å²) >= 11 is 0. The molecule has 24 heavy (non-hydrogen) atoms. The number of amides is 2. The molecule has 0 saturated heterocycles. The number of carbonyl (C=O) groups excluding carboxylic acids is 2. The highest BCUT2D eigenvalue weighted by atomic mass is 16.3. The van der Waals surface area contributed by atoms with E-state index >= 15 is 0 Å². The molecule has 2 atom stereocenters. The van der Waals surface area contributed by atoms with Gasteiger partial charge in [0.25, 0.3) is 0 Å². The Kier molecular flexibility index (Phi) is 6.88. The van der Waals surface area contributed by atoms with Gasteiger partial charge in [-0.05, 0) is 49.7 Å². The first-order chi connectivity index (χ1) is 11.5. The van der Waals surface area contributed by atoms with E-state index in [2.05, 4.69) is 17.6 Å². The fourth-order valence-electron chi connectivity index (χ4n) is 3.19. The molecule has 0 aliphatic heterocycles. The van der Waals surface area contributed by atoms with Crippen molar-refractivity contribution in [1.82, 2.24) is 10.6 Å². The topological polar surface area (TPSA) is 71.3 Å². The first-order valence-electron chi connectivity index (χ1n) is 9.11. The minimum absolute atomic E-state index is 0.0281. The largest absolute Gasteiger partial charge is 0.467 e. The second kappa shape index (κ2) is 8.90. The Morgan fingerprint density at radius 1 is 1.29 bits per heavy atom. The molecule has 1 aliphatic carbocycles. The molecule has 1 heterocycles. The van der Waals surface area contributed by atoms with E-state index in [1.54, 1.807) is 12.3 Å². The third-order valence-corrected chi connectivity index (χ3v) is 5.20. The van der Waals surface area contributed by atoms with Gasteiger partial charge in [0.1, 0.15) is 11.8 Å². The first kappa shape index (κ1) is 18.6. The van der Waals surface area contributed by atoms with Crippen molar-refractivity contribution < 1.29 is 14.0 Å². The van der Waals surface area contributed by atoms with Crippen LogP contribution in [0.15, 0.2) is 22.8 Å². The Labute approximate surface area is 144 Å². The van der Waals surface area contributed by atoms with Crippen LogP contribution < -0.4 is 10.6 Å². The lowest BCUT2D eigenvalue weighted by atomic mass is 9.82. The van der Waals surface area contributed by atoms with Crippen LogP contribution in [0.3, 0.4) is 0 Å². The minimum atomic E-state index is -0.489. The van der Waals surface area contributed by atoms with Crippen LogP contribution >= 0.6 is 0 Å². The zero-order valence-corrected chi connectivity index (χ0v) is 15.0. The smallest absolute Gasteiger partial charge is 0.243 e. The van der Waals surface area contributed by atoms with E-state index in [4.69, 9.17) is 4.42 Å². The molecule has 0 aromatic carbocycles. The summed E-state index contributed by atoms with van der Waals surface area (Å²) < 4.78 is 5.23. The van der Waals surface area contributed by atoms with Gasteiger partial charge in [0.2, 0.25) is 11.8 Å². The average molecular weight is 334 g/mol. The molecule has 134 valence electrons. The molecule has 0 unspecified atom stereocenters. The van der Waals surface area contributed by atoms with Crippen molar-refractivity contribution in [2.75, 3.05) is 0 Å². The summed E-state index contributed by atoms with van der Waals surface area (Å²) in [6.07, 6.45) is 6.45. The predicted octanol–water partition coefficient (Wildman–Crippen LogP) is 3.25. The van der Waals surface area contributed by atoms with Gasteiger partial charge in [0.15, 0.2) is 0 Å². The van der Waals surface area contributed by atoms with E-state index in [9.17, 15) is 9.59 Å². The Hall–Kier alpha value is -1.78. The van der Waals surface area contributed by atoms with Gasteiger partial charge in [-0.15, -0.1) is 0 Å². The maximum absolute atomic E-state index is 12.6. The van der Waals surface area contributed by atoms with Gasteiger partial charge in [-0.3, -0.25) is 9.59 Å². The van der Waals surface area contributed by atoms with Gasteiger partial charge in [-0.25, -0.2) is 0 Å². The lowest BCUT2D eigenvalue weighted by Crippen LogP contribution is -2.51. The summed E-state index contributed by atoms with van der Waals surface area (Å²) in [6.45, 7) is 6.61. The van der Waals surface area contributed by atoms with Crippen LogP contribution in [0.25, 0.3) is 0 Å². The molecular formula is C19H30N2O3. The number of nitrogens with one attached hydrogen (secondary N) is 2. The lowest BCUT2D eigenvalue weighted by Gasteiger charge is -2.29. The van der Waals surface area contributed by atoms with Crippen molar-refractivity contribution in [3.8, 4) is 0 Å². The Morgan fingerprint density at radius 2 is 2.00 bits per heavy atom. The van der Waals surface area contributed by atoms with Gasteiger partial charge in [0.05, 0.1) is 12.8 Å². The molecule has 0 bridgehead atoms. The van der Waals surface area contributed by atoms with Gasteiger partial charge in [-0.2, -0.15) is 0 Å². The second-order valence-electron chi connectivity index (χ2n) is 7.13. The number of rotatable bonds is 7. The molecule has 5 heteroatoms. The molecule has 1 saturated carbocycles. The zero-order chi connectivity index (χ0) is 17.5. The third-order valence-electron chi connectivity index (χ3n) is 5.20. The zero-order valence-electron chi connectivity index (χ0n) is 15.0.